The van der Waals surface area contributed by atoms with Crippen molar-refractivity contribution < 1.29 is 23.4 Å². The maximum absolute atomic E-state index is 11.7. The molecule has 0 radical (unpaired) electrons. The van der Waals surface area contributed by atoms with Gasteiger partial charge in [-0.25, -0.2) is 9.59 Å². The number of carbonyl (C=O) groups is 1. The molecule has 0 bridgehead atoms. The van der Waals surface area contributed by atoms with Crippen LogP contribution in [0.2, 0.25) is 5.02 Å². The lowest BCUT2D eigenvalue weighted by atomic mass is 10.2. The topological polar surface area (TPSA) is 75.0 Å². The Hall–Kier alpha value is -2.99. The molecule has 0 fully saturated rings. The van der Waals surface area contributed by atoms with E-state index in [0.717, 1.165) is 5.39 Å². The average Bonchev–Trinajstić information content (AvgIpc) is 2.63. The zero-order valence-electron chi connectivity index (χ0n) is 13.6. The van der Waals surface area contributed by atoms with Crippen molar-refractivity contribution in [3.8, 4) is 11.5 Å². The number of hydrogen-bond acceptors (Lipinski definition) is 6. The number of halogens is 1. The van der Waals surface area contributed by atoms with Crippen molar-refractivity contribution in [2.24, 2.45) is 0 Å². The molecule has 0 aliphatic rings. The normalized spacial score (nSPS) is 10.5. The van der Waals surface area contributed by atoms with Gasteiger partial charge in [0.1, 0.15) is 30.3 Å². The molecule has 0 amide bonds. The van der Waals surface area contributed by atoms with Crippen LogP contribution in [-0.4, -0.2) is 25.8 Å². The van der Waals surface area contributed by atoms with Crippen molar-refractivity contribution in [2.45, 2.75) is 0 Å². The van der Waals surface area contributed by atoms with Crippen LogP contribution >= 0.6 is 11.6 Å². The lowest BCUT2D eigenvalue weighted by Gasteiger charge is -2.09. The quantitative estimate of drug-likeness (QED) is 0.358. The molecule has 3 rings (SSSR count). The SMILES string of the molecule is O=C(COc1ccc2ccc(=O)oc2c1)OCCOc1cccc(Cl)c1. The second-order valence-electron chi connectivity index (χ2n) is 5.27. The molecule has 26 heavy (non-hydrogen) atoms. The molecule has 6 nitrogen and oxygen atoms in total. The Morgan fingerprint density at radius 1 is 0.962 bits per heavy atom. The Labute approximate surface area is 153 Å². The number of esters is 1. The highest BCUT2D eigenvalue weighted by Crippen LogP contribution is 2.19. The van der Waals surface area contributed by atoms with E-state index in [1.54, 1.807) is 48.5 Å². The van der Waals surface area contributed by atoms with Gasteiger partial charge in [-0.1, -0.05) is 17.7 Å². The van der Waals surface area contributed by atoms with Gasteiger partial charge >= 0.3 is 11.6 Å². The van der Waals surface area contributed by atoms with Gasteiger partial charge < -0.3 is 18.6 Å². The van der Waals surface area contributed by atoms with E-state index in [1.165, 1.54) is 6.07 Å². The maximum atomic E-state index is 11.7. The molecule has 0 N–H and O–H groups in total. The number of ether oxygens (including phenoxy) is 3. The van der Waals surface area contributed by atoms with Gasteiger partial charge in [-0.05, 0) is 36.4 Å². The largest absolute Gasteiger partial charge is 0.490 e. The highest BCUT2D eigenvalue weighted by Gasteiger charge is 2.06. The van der Waals surface area contributed by atoms with Crippen LogP contribution in [0.15, 0.2) is 63.8 Å². The molecule has 2 aromatic carbocycles. The summed E-state index contributed by atoms with van der Waals surface area (Å²) in [5.74, 6) is 0.468. The summed E-state index contributed by atoms with van der Waals surface area (Å²) in [6.07, 6.45) is 0. The number of benzene rings is 2. The van der Waals surface area contributed by atoms with Gasteiger partial charge in [-0.2, -0.15) is 0 Å². The predicted molar refractivity (Wildman–Crippen MR) is 95.9 cm³/mol. The van der Waals surface area contributed by atoms with Crippen molar-refractivity contribution in [3.05, 3.63) is 70.0 Å². The Morgan fingerprint density at radius 3 is 2.62 bits per heavy atom. The average molecular weight is 375 g/mol. The minimum Gasteiger partial charge on any atom is -0.490 e. The lowest BCUT2D eigenvalue weighted by molar-refractivity contribution is -0.146. The summed E-state index contributed by atoms with van der Waals surface area (Å²) in [5, 5.41) is 1.33. The second-order valence-corrected chi connectivity index (χ2v) is 5.71. The first-order chi connectivity index (χ1) is 12.6. The van der Waals surface area contributed by atoms with E-state index in [4.69, 9.17) is 30.2 Å². The van der Waals surface area contributed by atoms with Crippen LogP contribution in [0.1, 0.15) is 0 Å². The van der Waals surface area contributed by atoms with E-state index in [2.05, 4.69) is 0 Å². The standard InChI is InChI=1S/C19H15ClO6/c20-14-2-1-3-15(10-14)23-8-9-24-19(22)12-25-16-6-4-13-5-7-18(21)26-17(13)11-16/h1-7,10-11H,8-9,12H2. The van der Waals surface area contributed by atoms with Crippen molar-refractivity contribution >= 4 is 28.5 Å². The minimum absolute atomic E-state index is 0.0846. The third-order valence-corrected chi connectivity index (χ3v) is 3.60. The molecular weight excluding hydrogens is 360 g/mol. The van der Waals surface area contributed by atoms with Crippen LogP contribution in [0.25, 0.3) is 11.0 Å². The highest BCUT2D eigenvalue weighted by atomic mass is 35.5. The Balaban J connectivity index is 1.43. The van der Waals surface area contributed by atoms with Gasteiger partial charge in [-0.3, -0.25) is 0 Å². The van der Waals surface area contributed by atoms with Gasteiger partial charge in [-0.15, -0.1) is 0 Å². The zero-order valence-corrected chi connectivity index (χ0v) is 14.4. The van der Waals surface area contributed by atoms with Crippen molar-refractivity contribution in [3.63, 3.8) is 0 Å². The van der Waals surface area contributed by atoms with Crippen LogP contribution in [-0.2, 0) is 9.53 Å². The molecule has 134 valence electrons. The summed E-state index contributed by atoms with van der Waals surface area (Å²) in [4.78, 5) is 22.9. The third kappa shape index (κ3) is 5.00. The molecule has 1 aromatic heterocycles. The second kappa shape index (κ2) is 8.40. The molecule has 0 saturated carbocycles. The summed E-state index contributed by atoms with van der Waals surface area (Å²) in [7, 11) is 0. The summed E-state index contributed by atoms with van der Waals surface area (Å²) >= 11 is 5.85. The van der Waals surface area contributed by atoms with Gasteiger partial charge in [0, 0.05) is 22.5 Å². The summed E-state index contributed by atoms with van der Waals surface area (Å²) in [6.45, 7) is 0.0221. The molecule has 0 saturated heterocycles. The van der Waals surface area contributed by atoms with E-state index < -0.39 is 11.6 Å². The van der Waals surface area contributed by atoms with Crippen LogP contribution in [0, 0.1) is 0 Å². The molecule has 3 aromatic rings. The molecular formula is C19H15ClO6. The summed E-state index contributed by atoms with van der Waals surface area (Å²) in [6, 6.07) is 14.9. The molecule has 0 unspecified atom stereocenters. The van der Waals surface area contributed by atoms with Gasteiger partial charge in [0.05, 0.1) is 0 Å². The first kappa shape index (κ1) is 17.8. The first-order valence-corrected chi connectivity index (χ1v) is 8.19. The van der Waals surface area contributed by atoms with Crippen molar-refractivity contribution in [1.82, 2.24) is 0 Å². The number of hydrogen-bond donors (Lipinski definition) is 0. The number of fused-ring (bicyclic) bond motifs is 1. The first-order valence-electron chi connectivity index (χ1n) is 7.81. The molecule has 0 atom stereocenters. The van der Waals surface area contributed by atoms with Crippen molar-refractivity contribution in [1.29, 1.82) is 0 Å². The van der Waals surface area contributed by atoms with Gasteiger partial charge in [0.2, 0.25) is 0 Å². The van der Waals surface area contributed by atoms with E-state index in [9.17, 15) is 9.59 Å². The Morgan fingerprint density at radius 2 is 1.77 bits per heavy atom. The Bertz CT molecular complexity index is 965. The van der Waals surface area contributed by atoms with Gasteiger partial charge in [0.25, 0.3) is 0 Å². The fraction of sp³-hybridized carbons (Fsp3) is 0.158. The van der Waals surface area contributed by atoms with E-state index in [1.807, 2.05) is 0 Å². The van der Waals surface area contributed by atoms with Crippen LogP contribution in [0.5, 0.6) is 11.5 Å². The van der Waals surface area contributed by atoms with Crippen LogP contribution in [0.4, 0.5) is 0 Å². The fourth-order valence-electron chi connectivity index (χ4n) is 2.19. The van der Waals surface area contributed by atoms with Crippen LogP contribution < -0.4 is 15.1 Å². The molecule has 0 aliphatic carbocycles. The molecule has 0 spiro atoms. The van der Waals surface area contributed by atoms with Gasteiger partial charge in [0.15, 0.2) is 6.61 Å². The fourth-order valence-corrected chi connectivity index (χ4v) is 2.37. The lowest BCUT2D eigenvalue weighted by Crippen LogP contribution is -2.18. The molecule has 7 heteroatoms. The minimum atomic E-state index is -0.533. The monoisotopic (exact) mass is 374 g/mol. The summed E-state index contributed by atoms with van der Waals surface area (Å²) < 4.78 is 20.9. The zero-order chi connectivity index (χ0) is 18.4. The number of rotatable bonds is 7. The maximum Gasteiger partial charge on any atom is 0.344 e. The summed E-state index contributed by atoms with van der Waals surface area (Å²) in [5.41, 5.74) is -0.0629. The molecule has 0 aliphatic heterocycles. The Kier molecular flexibility index (Phi) is 5.76. The van der Waals surface area contributed by atoms with Crippen LogP contribution in [0.3, 0.4) is 0 Å². The predicted octanol–water partition coefficient (Wildman–Crippen LogP) is 3.45. The highest BCUT2D eigenvalue weighted by molar-refractivity contribution is 6.30. The molecule has 1 heterocycles. The van der Waals surface area contributed by atoms with E-state index >= 15 is 0 Å². The van der Waals surface area contributed by atoms with E-state index in [0.29, 0.717) is 22.1 Å². The smallest absolute Gasteiger partial charge is 0.344 e. The van der Waals surface area contributed by atoms with Crippen molar-refractivity contribution in [2.75, 3.05) is 19.8 Å². The number of carbonyl (C=O) groups excluding carboxylic acids is 1. The third-order valence-electron chi connectivity index (χ3n) is 3.36. The van der Waals surface area contributed by atoms with E-state index in [-0.39, 0.29) is 19.8 Å².